The largest absolute Gasteiger partial charge is 0.481 e. The maximum atomic E-state index is 11.5. The summed E-state index contributed by atoms with van der Waals surface area (Å²) in [5, 5.41) is 11.3. The van der Waals surface area contributed by atoms with Crippen LogP contribution in [0.2, 0.25) is 0 Å². The molecule has 1 amide bonds. The Labute approximate surface area is 95.2 Å². The Kier molecular flexibility index (Phi) is 5.85. The second-order valence-corrected chi connectivity index (χ2v) is 4.06. The highest BCUT2D eigenvalue weighted by Gasteiger charge is 2.22. The molecule has 0 aromatic heterocycles. The fraction of sp³-hybridized carbons (Fsp3) is 0.818. The lowest BCUT2D eigenvalue weighted by Crippen LogP contribution is -2.31. The smallest absolute Gasteiger partial charge is 0.303 e. The minimum absolute atomic E-state index is 0.0130. The monoisotopic (exact) mass is 229 g/mol. The van der Waals surface area contributed by atoms with Crippen molar-refractivity contribution in [2.75, 3.05) is 19.8 Å². The van der Waals surface area contributed by atoms with Crippen molar-refractivity contribution in [2.24, 2.45) is 5.92 Å². The third kappa shape index (κ3) is 5.11. The Balaban J connectivity index is 1.94. The van der Waals surface area contributed by atoms with E-state index >= 15 is 0 Å². The minimum atomic E-state index is -0.757. The van der Waals surface area contributed by atoms with Crippen molar-refractivity contribution in [3.05, 3.63) is 0 Å². The van der Waals surface area contributed by atoms with Crippen molar-refractivity contribution in [3.63, 3.8) is 0 Å². The van der Waals surface area contributed by atoms with Crippen molar-refractivity contribution >= 4 is 11.9 Å². The summed E-state index contributed by atoms with van der Waals surface area (Å²) in [7, 11) is 0. The van der Waals surface area contributed by atoms with Gasteiger partial charge in [-0.1, -0.05) is 6.42 Å². The Morgan fingerprint density at radius 3 is 2.75 bits per heavy atom. The summed E-state index contributed by atoms with van der Waals surface area (Å²) in [5.41, 5.74) is 0. The van der Waals surface area contributed by atoms with E-state index in [-0.39, 0.29) is 18.2 Å². The molecule has 0 bridgehead atoms. The number of aliphatic carboxylic acids is 1. The lowest BCUT2D eigenvalue weighted by Gasteiger charge is -2.08. The van der Waals surface area contributed by atoms with Crippen LogP contribution in [0.5, 0.6) is 0 Å². The van der Waals surface area contributed by atoms with Gasteiger partial charge in [-0.25, -0.2) is 0 Å². The van der Waals surface area contributed by atoms with Crippen LogP contribution in [0, 0.1) is 5.92 Å². The van der Waals surface area contributed by atoms with E-state index in [1.807, 2.05) is 0 Å². The van der Waals surface area contributed by atoms with Gasteiger partial charge in [0.25, 0.3) is 0 Å². The third-order valence-corrected chi connectivity index (χ3v) is 2.67. The first kappa shape index (κ1) is 13.0. The van der Waals surface area contributed by atoms with Crippen LogP contribution in [0.4, 0.5) is 0 Å². The van der Waals surface area contributed by atoms with Crippen molar-refractivity contribution in [3.8, 4) is 0 Å². The van der Waals surface area contributed by atoms with Gasteiger partial charge in [-0.3, -0.25) is 9.59 Å². The van der Waals surface area contributed by atoms with E-state index in [1.54, 1.807) is 0 Å². The lowest BCUT2D eigenvalue weighted by molar-refractivity contribution is -0.137. The maximum absolute atomic E-state index is 11.5. The zero-order valence-electron chi connectivity index (χ0n) is 9.41. The fourth-order valence-corrected chi connectivity index (χ4v) is 1.68. The predicted octanol–water partition coefficient (Wildman–Crippen LogP) is 0.784. The first-order valence-corrected chi connectivity index (χ1v) is 5.77. The molecule has 1 rings (SSSR count). The van der Waals surface area contributed by atoms with Gasteiger partial charge in [-0.05, 0) is 19.3 Å². The van der Waals surface area contributed by atoms with Gasteiger partial charge in [0.1, 0.15) is 0 Å². The molecule has 16 heavy (non-hydrogen) atoms. The molecule has 0 radical (unpaired) electrons. The fourth-order valence-electron chi connectivity index (χ4n) is 1.68. The van der Waals surface area contributed by atoms with Gasteiger partial charge in [0.05, 0.1) is 12.5 Å². The molecule has 1 aliphatic heterocycles. The summed E-state index contributed by atoms with van der Waals surface area (Å²) in [4.78, 5) is 21.7. The molecule has 1 fully saturated rings. The number of rotatable bonds is 7. The highest BCUT2D eigenvalue weighted by molar-refractivity contribution is 5.78. The molecule has 0 aliphatic carbocycles. The summed E-state index contributed by atoms with van der Waals surface area (Å²) in [6.45, 7) is 1.84. The number of amides is 1. The molecule has 0 aromatic rings. The summed E-state index contributed by atoms with van der Waals surface area (Å²) >= 11 is 0. The van der Waals surface area contributed by atoms with Gasteiger partial charge in [-0.2, -0.15) is 0 Å². The average molecular weight is 229 g/mol. The quantitative estimate of drug-likeness (QED) is 0.633. The van der Waals surface area contributed by atoms with Gasteiger partial charge in [-0.15, -0.1) is 0 Å². The topological polar surface area (TPSA) is 75.6 Å². The Morgan fingerprint density at radius 2 is 2.12 bits per heavy atom. The molecule has 92 valence electrons. The molecule has 1 unspecified atom stereocenters. The highest BCUT2D eigenvalue weighted by atomic mass is 16.5. The van der Waals surface area contributed by atoms with E-state index in [0.717, 1.165) is 19.3 Å². The maximum Gasteiger partial charge on any atom is 0.303 e. The molecular weight excluding hydrogens is 210 g/mol. The van der Waals surface area contributed by atoms with Crippen LogP contribution < -0.4 is 5.32 Å². The number of unbranched alkanes of at least 4 members (excludes halogenated alkanes) is 2. The standard InChI is InChI=1S/C11H19NO4/c13-10(14)4-2-1-3-6-12-11(15)9-5-7-16-8-9/h9H,1-8H2,(H,12,15)(H,13,14). The number of carboxylic acids is 1. The van der Waals surface area contributed by atoms with Crippen LogP contribution in [-0.4, -0.2) is 36.7 Å². The number of carboxylic acid groups (broad SMARTS) is 1. The molecule has 1 aliphatic rings. The van der Waals surface area contributed by atoms with Crippen LogP contribution in [0.1, 0.15) is 32.1 Å². The molecule has 0 aromatic carbocycles. The van der Waals surface area contributed by atoms with Gasteiger partial charge in [0.2, 0.25) is 5.91 Å². The Morgan fingerprint density at radius 1 is 1.31 bits per heavy atom. The first-order valence-electron chi connectivity index (χ1n) is 5.77. The molecule has 5 heteroatoms. The molecule has 0 saturated carbocycles. The van der Waals surface area contributed by atoms with Crippen LogP contribution in [0.25, 0.3) is 0 Å². The highest BCUT2D eigenvalue weighted by Crippen LogP contribution is 2.11. The van der Waals surface area contributed by atoms with E-state index in [4.69, 9.17) is 9.84 Å². The summed E-state index contributed by atoms with van der Waals surface area (Å²) in [5.74, 6) is -0.679. The Hall–Kier alpha value is -1.10. The normalized spacial score (nSPS) is 19.6. The number of carbonyl (C=O) groups is 2. The summed E-state index contributed by atoms with van der Waals surface area (Å²) in [6, 6.07) is 0. The van der Waals surface area contributed by atoms with Crippen molar-refractivity contribution in [2.45, 2.75) is 32.1 Å². The van der Waals surface area contributed by atoms with Gasteiger partial charge >= 0.3 is 5.97 Å². The van der Waals surface area contributed by atoms with Crippen LogP contribution in [0.15, 0.2) is 0 Å². The zero-order valence-corrected chi connectivity index (χ0v) is 9.41. The van der Waals surface area contributed by atoms with Crippen LogP contribution >= 0.6 is 0 Å². The third-order valence-electron chi connectivity index (χ3n) is 2.67. The predicted molar refractivity (Wildman–Crippen MR) is 58.0 cm³/mol. The number of hydrogen-bond acceptors (Lipinski definition) is 3. The van der Waals surface area contributed by atoms with E-state index in [0.29, 0.717) is 26.2 Å². The SMILES string of the molecule is O=C(O)CCCCCNC(=O)C1CCOC1. The molecule has 0 spiro atoms. The van der Waals surface area contributed by atoms with Crippen LogP contribution in [0.3, 0.4) is 0 Å². The van der Waals surface area contributed by atoms with Crippen molar-refractivity contribution in [1.82, 2.24) is 5.32 Å². The number of nitrogens with one attached hydrogen (secondary N) is 1. The first-order chi connectivity index (χ1) is 7.70. The van der Waals surface area contributed by atoms with Crippen LogP contribution in [-0.2, 0) is 14.3 Å². The molecule has 1 atom stereocenters. The van der Waals surface area contributed by atoms with Gasteiger partial charge in [0, 0.05) is 19.6 Å². The van der Waals surface area contributed by atoms with Gasteiger partial charge < -0.3 is 15.2 Å². The minimum Gasteiger partial charge on any atom is -0.481 e. The number of ether oxygens (including phenoxy) is 1. The lowest BCUT2D eigenvalue weighted by atomic mass is 10.1. The van der Waals surface area contributed by atoms with Crippen molar-refractivity contribution in [1.29, 1.82) is 0 Å². The molecule has 2 N–H and O–H groups in total. The summed E-state index contributed by atoms with van der Waals surface area (Å²) < 4.78 is 5.12. The number of hydrogen-bond donors (Lipinski definition) is 2. The van der Waals surface area contributed by atoms with E-state index in [1.165, 1.54) is 0 Å². The molecule has 1 saturated heterocycles. The van der Waals surface area contributed by atoms with E-state index < -0.39 is 5.97 Å². The molecular formula is C11H19NO4. The zero-order chi connectivity index (χ0) is 11.8. The number of carbonyl (C=O) groups excluding carboxylic acids is 1. The Bertz CT molecular complexity index is 236. The molecule has 5 nitrogen and oxygen atoms in total. The van der Waals surface area contributed by atoms with E-state index in [9.17, 15) is 9.59 Å². The average Bonchev–Trinajstić information content (AvgIpc) is 2.75. The summed E-state index contributed by atoms with van der Waals surface area (Å²) in [6.07, 6.45) is 3.38. The van der Waals surface area contributed by atoms with E-state index in [2.05, 4.69) is 5.32 Å². The molecule has 1 heterocycles. The second kappa shape index (κ2) is 7.22. The van der Waals surface area contributed by atoms with Gasteiger partial charge in [0.15, 0.2) is 0 Å². The van der Waals surface area contributed by atoms with Crippen molar-refractivity contribution < 1.29 is 19.4 Å². The second-order valence-electron chi connectivity index (χ2n) is 4.06.